The molecule has 1 atom stereocenters. The van der Waals surface area contributed by atoms with Crippen molar-refractivity contribution in [3.63, 3.8) is 0 Å². The first kappa shape index (κ1) is 11.7. The van der Waals surface area contributed by atoms with Gasteiger partial charge in [-0.1, -0.05) is 29.8 Å². The Kier molecular flexibility index (Phi) is 5.13. The topological polar surface area (TPSA) is 12.4 Å². The number of hydrogen-bond donors (Lipinski definition) is 0. The van der Waals surface area contributed by atoms with Crippen molar-refractivity contribution in [3.8, 4) is 0 Å². The molecule has 0 saturated carbocycles. The third-order valence-electron chi connectivity index (χ3n) is 1.75. The van der Waals surface area contributed by atoms with E-state index in [1.807, 2.05) is 24.3 Å². The predicted octanol–water partition coefficient (Wildman–Crippen LogP) is 3.59. The van der Waals surface area contributed by atoms with Crippen LogP contribution >= 0.6 is 35.4 Å². The van der Waals surface area contributed by atoms with Gasteiger partial charge in [-0.2, -0.15) is 0 Å². The van der Waals surface area contributed by atoms with Crippen LogP contribution in [0.3, 0.4) is 0 Å². The van der Waals surface area contributed by atoms with Crippen molar-refractivity contribution < 1.29 is 0 Å². The molecule has 0 saturated heterocycles. The zero-order valence-corrected chi connectivity index (χ0v) is 9.74. The molecule has 0 N–H and O–H groups in total. The second-order valence-corrected chi connectivity index (χ2v) is 4.03. The molecule has 1 aromatic carbocycles. The molecule has 0 aliphatic rings. The lowest BCUT2D eigenvalue weighted by atomic mass is 10.1. The summed E-state index contributed by atoms with van der Waals surface area (Å²) in [4.78, 5) is 3.79. The number of rotatable bonds is 4. The Bertz CT molecular complexity index is 348. The van der Waals surface area contributed by atoms with Crippen LogP contribution in [-0.4, -0.2) is 17.1 Å². The molecular formula is C10H9Cl2NS. The zero-order valence-electron chi connectivity index (χ0n) is 7.41. The Morgan fingerprint density at radius 1 is 1.43 bits per heavy atom. The fraction of sp³-hybridized carbons (Fsp3) is 0.300. The molecule has 0 aromatic heterocycles. The molecule has 74 valence electrons. The van der Waals surface area contributed by atoms with Crippen LogP contribution in [0.25, 0.3) is 0 Å². The van der Waals surface area contributed by atoms with Crippen molar-refractivity contribution in [2.24, 2.45) is 4.99 Å². The summed E-state index contributed by atoms with van der Waals surface area (Å²) in [6.45, 7) is 0.482. The van der Waals surface area contributed by atoms with Gasteiger partial charge in [-0.25, -0.2) is 4.99 Å². The molecule has 14 heavy (non-hydrogen) atoms. The molecule has 1 unspecified atom stereocenters. The van der Waals surface area contributed by atoms with Crippen LogP contribution in [0, 0.1) is 0 Å². The summed E-state index contributed by atoms with van der Waals surface area (Å²) >= 11 is 16.5. The first-order valence-corrected chi connectivity index (χ1v) is 5.37. The molecule has 1 nitrogen and oxygen atoms in total. The van der Waals surface area contributed by atoms with Crippen molar-refractivity contribution in [1.82, 2.24) is 0 Å². The van der Waals surface area contributed by atoms with Gasteiger partial charge in [0.1, 0.15) is 0 Å². The van der Waals surface area contributed by atoms with Gasteiger partial charge in [0.15, 0.2) is 0 Å². The number of hydrogen-bond acceptors (Lipinski definition) is 2. The molecule has 0 spiro atoms. The van der Waals surface area contributed by atoms with Crippen molar-refractivity contribution in [1.29, 1.82) is 0 Å². The van der Waals surface area contributed by atoms with E-state index < -0.39 is 0 Å². The van der Waals surface area contributed by atoms with Gasteiger partial charge >= 0.3 is 0 Å². The second kappa shape index (κ2) is 6.15. The average Bonchev–Trinajstić information content (AvgIpc) is 2.18. The molecule has 0 aliphatic carbocycles. The predicted molar refractivity (Wildman–Crippen MR) is 64.7 cm³/mol. The number of aliphatic imine (C=N–C) groups is 1. The molecule has 0 amide bonds. The lowest BCUT2D eigenvalue weighted by Crippen LogP contribution is -2.07. The van der Waals surface area contributed by atoms with E-state index in [4.69, 9.17) is 23.2 Å². The van der Waals surface area contributed by atoms with Crippen molar-refractivity contribution >= 4 is 40.6 Å². The lowest BCUT2D eigenvalue weighted by Gasteiger charge is -2.07. The number of thiocarbonyl (C=S) groups is 1. The molecule has 4 heteroatoms. The van der Waals surface area contributed by atoms with Gasteiger partial charge in [-0.05, 0) is 30.3 Å². The molecule has 1 aromatic rings. The Balaban J connectivity index is 2.60. The zero-order chi connectivity index (χ0) is 10.4. The second-order valence-electron chi connectivity index (χ2n) is 2.82. The smallest absolute Gasteiger partial charge is 0.0660 e. The third kappa shape index (κ3) is 3.77. The Morgan fingerprint density at radius 2 is 2.14 bits per heavy atom. The van der Waals surface area contributed by atoms with E-state index in [-0.39, 0.29) is 5.38 Å². The van der Waals surface area contributed by atoms with E-state index in [0.29, 0.717) is 13.0 Å². The largest absolute Gasteiger partial charge is 0.231 e. The molecule has 0 heterocycles. The standard InChI is InChI=1S/C10H9Cl2NS/c11-9(6-13-7-14)5-8-3-1-2-4-10(8)12/h1-4,9H,5-6H2. The van der Waals surface area contributed by atoms with Crippen LogP contribution in [0.5, 0.6) is 0 Å². The quantitative estimate of drug-likeness (QED) is 0.449. The highest BCUT2D eigenvalue weighted by Gasteiger charge is 2.07. The van der Waals surface area contributed by atoms with Crippen LogP contribution < -0.4 is 0 Å². The van der Waals surface area contributed by atoms with Crippen LogP contribution in [0.4, 0.5) is 0 Å². The van der Waals surface area contributed by atoms with E-state index in [9.17, 15) is 0 Å². The van der Waals surface area contributed by atoms with Gasteiger partial charge in [-0.15, -0.1) is 11.6 Å². The van der Waals surface area contributed by atoms with E-state index in [1.165, 1.54) is 0 Å². The third-order valence-corrected chi connectivity index (χ3v) is 2.54. The summed E-state index contributed by atoms with van der Waals surface area (Å²) in [7, 11) is 0. The minimum absolute atomic E-state index is 0.0784. The Morgan fingerprint density at radius 3 is 2.79 bits per heavy atom. The van der Waals surface area contributed by atoms with Gasteiger partial charge in [-0.3, -0.25) is 0 Å². The number of isothiocyanates is 1. The number of halogens is 2. The molecule has 0 aliphatic heterocycles. The minimum atomic E-state index is -0.0784. The Labute approximate surface area is 98.8 Å². The maximum atomic E-state index is 6.03. The van der Waals surface area contributed by atoms with Crippen molar-refractivity contribution in [3.05, 3.63) is 34.9 Å². The normalized spacial score (nSPS) is 11.9. The van der Waals surface area contributed by atoms with Crippen LogP contribution in [0.15, 0.2) is 29.3 Å². The van der Waals surface area contributed by atoms with Gasteiger partial charge in [0.2, 0.25) is 0 Å². The lowest BCUT2D eigenvalue weighted by molar-refractivity contribution is 0.847. The number of nitrogens with zero attached hydrogens (tertiary/aromatic N) is 1. The fourth-order valence-corrected chi connectivity index (χ4v) is 1.63. The Hall–Kier alpha value is -0.400. The summed E-state index contributed by atoms with van der Waals surface area (Å²) in [6.07, 6.45) is 0.696. The number of benzene rings is 1. The average molecular weight is 246 g/mol. The molecular weight excluding hydrogens is 237 g/mol. The highest BCUT2D eigenvalue weighted by atomic mass is 35.5. The highest BCUT2D eigenvalue weighted by Crippen LogP contribution is 2.18. The molecule has 1 rings (SSSR count). The minimum Gasteiger partial charge on any atom is -0.231 e. The number of alkyl halides is 1. The molecule has 0 bridgehead atoms. The van der Waals surface area contributed by atoms with Crippen LogP contribution in [-0.2, 0) is 6.42 Å². The summed E-state index contributed by atoms with van der Waals surface area (Å²) in [5, 5.41) is 2.95. The van der Waals surface area contributed by atoms with E-state index in [1.54, 1.807) is 0 Å². The monoisotopic (exact) mass is 245 g/mol. The maximum absolute atomic E-state index is 6.03. The van der Waals surface area contributed by atoms with Gasteiger partial charge < -0.3 is 0 Å². The van der Waals surface area contributed by atoms with Gasteiger partial charge in [0, 0.05) is 5.02 Å². The first-order valence-electron chi connectivity index (χ1n) is 4.15. The maximum Gasteiger partial charge on any atom is 0.0660 e. The van der Waals surface area contributed by atoms with E-state index in [2.05, 4.69) is 22.4 Å². The summed E-state index contributed by atoms with van der Waals surface area (Å²) < 4.78 is 0. The summed E-state index contributed by atoms with van der Waals surface area (Å²) in [5.74, 6) is 0. The molecule has 0 radical (unpaired) electrons. The van der Waals surface area contributed by atoms with Crippen LogP contribution in [0.2, 0.25) is 5.02 Å². The van der Waals surface area contributed by atoms with Crippen LogP contribution in [0.1, 0.15) is 5.56 Å². The highest BCUT2D eigenvalue weighted by molar-refractivity contribution is 7.78. The van der Waals surface area contributed by atoms with E-state index >= 15 is 0 Å². The molecule has 0 fully saturated rings. The van der Waals surface area contributed by atoms with Crippen molar-refractivity contribution in [2.45, 2.75) is 11.8 Å². The van der Waals surface area contributed by atoms with Crippen molar-refractivity contribution in [2.75, 3.05) is 6.54 Å². The fourth-order valence-electron chi connectivity index (χ4n) is 1.10. The summed E-state index contributed by atoms with van der Waals surface area (Å²) in [5.41, 5.74) is 1.04. The van der Waals surface area contributed by atoms with E-state index in [0.717, 1.165) is 10.6 Å². The first-order chi connectivity index (χ1) is 6.74. The summed E-state index contributed by atoms with van der Waals surface area (Å²) in [6, 6.07) is 7.64. The van der Waals surface area contributed by atoms with Gasteiger partial charge in [0.05, 0.1) is 17.1 Å². The van der Waals surface area contributed by atoms with Gasteiger partial charge in [0.25, 0.3) is 0 Å². The SMILES string of the molecule is S=C=NCC(Cl)Cc1ccccc1Cl.